The molecule has 0 aliphatic carbocycles. The van der Waals surface area contributed by atoms with Crippen molar-refractivity contribution in [2.75, 3.05) is 0 Å². The third-order valence-corrected chi connectivity index (χ3v) is 3.75. The molecular formula is C17H16ClF6NO. The Morgan fingerprint density at radius 1 is 0.885 bits per heavy atom. The Balaban J connectivity index is 0.00000338. The SMILES string of the molecule is Cl.N[C@H](c1cc(C(F)(F)F)ccc1C(F)(F)F)[C@@H](O)Cc1ccccc1. The number of halogens is 7. The van der Waals surface area contributed by atoms with Crippen molar-refractivity contribution in [1.29, 1.82) is 0 Å². The van der Waals surface area contributed by atoms with Crippen molar-refractivity contribution in [3.05, 3.63) is 70.8 Å². The number of benzene rings is 2. The first kappa shape index (κ1) is 22.3. The van der Waals surface area contributed by atoms with Crippen molar-refractivity contribution < 1.29 is 31.4 Å². The van der Waals surface area contributed by atoms with Gasteiger partial charge in [0.05, 0.1) is 23.3 Å². The molecule has 144 valence electrons. The van der Waals surface area contributed by atoms with E-state index in [1.165, 1.54) is 0 Å². The second-order valence-corrected chi connectivity index (χ2v) is 5.58. The van der Waals surface area contributed by atoms with Gasteiger partial charge in [-0.3, -0.25) is 0 Å². The maximum atomic E-state index is 13.1. The maximum Gasteiger partial charge on any atom is 0.416 e. The predicted molar refractivity (Wildman–Crippen MR) is 86.8 cm³/mol. The Kier molecular flexibility index (Phi) is 7.09. The van der Waals surface area contributed by atoms with Gasteiger partial charge >= 0.3 is 12.4 Å². The third-order valence-electron chi connectivity index (χ3n) is 3.75. The monoisotopic (exact) mass is 399 g/mol. The van der Waals surface area contributed by atoms with Crippen molar-refractivity contribution in [3.8, 4) is 0 Å². The fourth-order valence-corrected chi connectivity index (χ4v) is 2.46. The van der Waals surface area contributed by atoms with Gasteiger partial charge in [0, 0.05) is 6.42 Å². The lowest BCUT2D eigenvalue weighted by molar-refractivity contribution is -0.142. The standard InChI is InChI=1S/C17H15F6NO.ClH/c18-16(19,20)11-6-7-13(17(21,22)23)12(9-11)15(24)14(25)8-10-4-2-1-3-5-10;/h1-7,9,14-15,25H,8,24H2;1H/t14-,15+;/m0./s1. The highest BCUT2D eigenvalue weighted by Crippen LogP contribution is 2.39. The van der Waals surface area contributed by atoms with Crippen molar-refractivity contribution in [2.45, 2.75) is 30.9 Å². The molecule has 0 aliphatic rings. The van der Waals surface area contributed by atoms with Crippen LogP contribution in [0, 0.1) is 0 Å². The molecule has 0 amide bonds. The van der Waals surface area contributed by atoms with Crippen LogP contribution >= 0.6 is 12.4 Å². The molecule has 2 aromatic carbocycles. The Hall–Kier alpha value is -1.77. The average Bonchev–Trinajstić information content (AvgIpc) is 2.52. The topological polar surface area (TPSA) is 46.2 Å². The molecule has 9 heteroatoms. The normalized spacial score (nSPS) is 14.5. The van der Waals surface area contributed by atoms with E-state index in [1.54, 1.807) is 30.3 Å². The molecule has 0 saturated carbocycles. The van der Waals surface area contributed by atoms with Gasteiger partial charge < -0.3 is 10.8 Å². The first-order valence-electron chi connectivity index (χ1n) is 7.26. The lowest BCUT2D eigenvalue weighted by atomic mass is 9.91. The first-order chi connectivity index (χ1) is 11.5. The van der Waals surface area contributed by atoms with E-state index in [4.69, 9.17) is 5.73 Å². The van der Waals surface area contributed by atoms with Gasteiger partial charge in [-0.25, -0.2) is 0 Å². The van der Waals surface area contributed by atoms with Gasteiger partial charge in [-0.2, -0.15) is 26.3 Å². The van der Waals surface area contributed by atoms with Crippen LogP contribution in [0.25, 0.3) is 0 Å². The molecule has 26 heavy (non-hydrogen) atoms. The van der Waals surface area contributed by atoms with Crippen LogP contribution < -0.4 is 5.73 Å². The molecule has 2 nitrogen and oxygen atoms in total. The maximum absolute atomic E-state index is 13.1. The van der Waals surface area contributed by atoms with Crippen molar-refractivity contribution in [2.24, 2.45) is 5.73 Å². The molecule has 0 fully saturated rings. The number of rotatable bonds is 4. The first-order valence-corrected chi connectivity index (χ1v) is 7.26. The van der Waals surface area contributed by atoms with Crippen LogP contribution in [0.2, 0.25) is 0 Å². The van der Waals surface area contributed by atoms with E-state index in [0.717, 1.165) is 0 Å². The molecule has 0 aliphatic heterocycles. The number of hydrogen-bond acceptors (Lipinski definition) is 2. The van der Waals surface area contributed by atoms with Crippen LogP contribution in [-0.4, -0.2) is 11.2 Å². The molecule has 0 aromatic heterocycles. The zero-order valence-corrected chi connectivity index (χ0v) is 14.0. The lowest BCUT2D eigenvalue weighted by Crippen LogP contribution is -2.30. The average molecular weight is 400 g/mol. The Labute approximate surface area is 152 Å². The largest absolute Gasteiger partial charge is 0.416 e. The summed E-state index contributed by atoms with van der Waals surface area (Å²) < 4.78 is 77.8. The van der Waals surface area contributed by atoms with Gasteiger partial charge in [0.15, 0.2) is 0 Å². The summed E-state index contributed by atoms with van der Waals surface area (Å²) in [6, 6.07) is 7.72. The molecule has 0 heterocycles. The van der Waals surface area contributed by atoms with Gasteiger partial charge in [0.25, 0.3) is 0 Å². The number of aliphatic hydroxyl groups excluding tert-OH is 1. The Morgan fingerprint density at radius 2 is 1.46 bits per heavy atom. The van der Waals surface area contributed by atoms with E-state index in [-0.39, 0.29) is 18.8 Å². The highest BCUT2D eigenvalue weighted by Gasteiger charge is 2.39. The number of alkyl halides is 6. The molecule has 0 spiro atoms. The molecule has 0 radical (unpaired) electrons. The molecule has 2 atom stereocenters. The predicted octanol–water partition coefficient (Wildman–Crippen LogP) is 4.75. The summed E-state index contributed by atoms with van der Waals surface area (Å²) in [6.45, 7) is 0. The fourth-order valence-electron chi connectivity index (χ4n) is 2.46. The van der Waals surface area contributed by atoms with Crippen LogP contribution in [-0.2, 0) is 18.8 Å². The molecule has 2 aromatic rings. The highest BCUT2D eigenvalue weighted by molar-refractivity contribution is 5.85. The molecule has 0 bridgehead atoms. The zero-order chi connectivity index (χ0) is 18.8. The molecule has 2 rings (SSSR count). The minimum atomic E-state index is -4.89. The zero-order valence-electron chi connectivity index (χ0n) is 13.2. The minimum absolute atomic E-state index is 0. The van der Waals surface area contributed by atoms with Crippen LogP contribution in [0.4, 0.5) is 26.3 Å². The molecular weight excluding hydrogens is 384 g/mol. The Bertz CT molecular complexity index is 717. The van der Waals surface area contributed by atoms with E-state index in [0.29, 0.717) is 23.8 Å². The van der Waals surface area contributed by atoms with Crippen molar-refractivity contribution >= 4 is 12.4 Å². The number of nitrogens with two attached hydrogens (primary N) is 1. The van der Waals surface area contributed by atoms with Crippen LogP contribution in [0.15, 0.2) is 48.5 Å². The quantitative estimate of drug-likeness (QED) is 0.729. The molecule has 3 N–H and O–H groups in total. The van der Waals surface area contributed by atoms with Crippen LogP contribution in [0.3, 0.4) is 0 Å². The van der Waals surface area contributed by atoms with Gasteiger partial charge in [-0.15, -0.1) is 12.4 Å². The van der Waals surface area contributed by atoms with Crippen LogP contribution in [0.1, 0.15) is 28.3 Å². The summed E-state index contributed by atoms with van der Waals surface area (Å²) in [5.74, 6) is 0. The Morgan fingerprint density at radius 3 is 1.96 bits per heavy atom. The van der Waals surface area contributed by atoms with Gasteiger partial charge in [-0.05, 0) is 29.3 Å². The van der Waals surface area contributed by atoms with E-state index >= 15 is 0 Å². The summed E-state index contributed by atoms with van der Waals surface area (Å²) in [5.41, 5.74) is 2.95. The van der Waals surface area contributed by atoms with Gasteiger partial charge in [-0.1, -0.05) is 30.3 Å². The number of aliphatic hydroxyl groups is 1. The smallest absolute Gasteiger partial charge is 0.391 e. The summed E-state index contributed by atoms with van der Waals surface area (Å²) in [4.78, 5) is 0. The van der Waals surface area contributed by atoms with E-state index in [9.17, 15) is 31.4 Å². The fraction of sp³-hybridized carbons (Fsp3) is 0.294. The van der Waals surface area contributed by atoms with E-state index < -0.39 is 41.2 Å². The third kappa shape index (κ3) is 5.36. The van der Waals surface area contributed by atoms with E-state index in [2.05, 4.69) is 0 Å². The van der Waals surface area contributed by atoms with Gasteiger partial charge in [0.2, 0.25) is 0 Å². The van der Waals surface area contributed by atoms with Crippen molar-refractivity contribution in [3.63, 3.8) is 0 Å². The minimum Gasteiger partial charge on any atom is -0.391 e. The lowest BCUT2D eigenvalue weighted by Gasteiger charge is -2.24. The molecule has 0 saturated heterocycles. The second-order valence-electron chi connectivity index (χ2n) is 5.58. The van der Waals surface area contributed by atoms with Gasteiger partial charge in [0.1, 0.15) is 0 Å². The van der Waals surface area contributed by atoms with E-state index in [1.807, 2.05) is 0 Å². The van der Waals surface area contributed by atoms with Crippen molar-refractivity contribution in [1.82, 2.24) is 0 Å². The summed E-state index contributed by atoms with van der Waals surface area (Å²) in [7, 11) is 0. The highest BCUT2D eigenvalue weighted by atomic mass is 35.5. The second kappa shape index (κ2) is 8.28. The summed E-state index contributed by atoms with van der Waals surface area (Å²) in [6.07, 6.45) is -11.3. The number of hydrogen-bond donors (Lipinski definition) is 2. The molecule has 0 unspecified atom stereocenters. The summed E-state index contributed by atoms with van der Waals surface area (Å²) >= 11 is 0. The summed E-state index contributed by atoms with van der Waals surface area (Å²) in [5, 5.41) is 10.1. The van der Waals surface area contributed by atoms with Crippen LogP contribution in [0.5, 0.6) is 0 Å².